The molecule has 0 aliphatic carbocycles. The summed E-state index contributed by atoms with van der Waals surface area (Å²) in [7, 11) is 0. The van der Waals surface area contributed by atoms with E-state index < -0.39 is 0 Å². The van der Waals surface area contributed by atoms with Gasteiger partial charge in [-0.05, 0) is 18.4 Å². The number of aliphatic hydroxyl groups is 1. The quantitative estimate of drug-likeness (QED) is 0.923. The van der Waals surface area contributed by atoms with E-state index in [-0.39, 0.29) is 17.4 Å². The number of piperazine rings is 1. The lowest BCUT2D eigenvalue weighted by Gasteiger charge is -2.37. The first kappa shape index (κ1) is 16.0. The number of rotatable bonds is 3. The van der Waals surface area contributed by atoms with Gasteiger partial charge in [-0.15, -0.1) is 0 Å². The molecule has 1 saturated heterocycles. The van der Waals surface area contributed by atoms with Gasteiger partial charge >= 0.3 is 0 Å². The third-order valence-corrected chi connectivity index (χ3v) is 4.15. The van der Waals surface area contributed by atoms with E-state index in [1.54, 1.807) is 6.26 Å². The highest BCUT2D eigenvalue weighted by Gasteiger charge is 2.28. The maximum atomic E-state index is 12.3. The Morgan fingerprint density at radius 2 is 1.95 bits per heavy atom. The summed E-state index contributed by atoms with van der Waals surface area (Å²) in [5.74, 6) is 0.409. The molecule has 1 aliphatic rings. The van der Waals surface area contributed by atoms with E-state index in [9.17, 15) is 9.90 Å². The third-order valence-electron chi connectivity index (χ3n) is 4.15. The number of hydrogen-bond acceptors (Lipinski definition) is 4. The zero-order valence-corrected chi connectivity index (χ0v) is 13.4. The van der Waals surface area contributed by atoms with Crippen LogP contribution in [0, 0.1) is 12.3 Å². The Balaban J connectivity index is 1.86. The summed E-state index contributed by atoms with van der Waals surface area (Å²) in [6, 6.07) is 1.81. The van der Waals surface area contributed by atoms with Crippen molar-refractivity contribution in [1.82, 2.24) is 9.80 Å². The topological polar surface area (TPSA) is 56.9 Å². The molecule has 1 fully saturated rings. The van der Waals surface area contributed by atoms with Crippen LogP contribution in [0.3, 0.4) is 0 Å². The van der Waals surface area contributed by atoms with Gasteiger partial charge in [-0.2, -0.15) is 0 Å². The van der Waals surface area contributed by atoms with Crippen LogP contribution >= 0.6 is 0 Å². The summed E-state index contributed by atoms with van der Waals surface area (Å²) in [4.78, 5) is 16.4. The molecule has 0 radical (unpaired) electrons. The minimum atomic E-state index is -0.355. The Morgan fingerprint density at radius 3 is 2.43 bits per heavy atom. The third kappa shape index (κ3) is 3.86. The summed E-state index contributed by atoms with van der Waals surface area (Å²) in [6.45, 7) is 11.6. The van der Waals surface area contributed by atoms with Crippen LogP contribution in [0.2, 0.25) is 0 Å². The number of amides is 1. The molecule has 2 heterocycles. The van der Waals surface area contributed by atoms with Crippen molar-refractivity contribution in [3.63, 3.8) is 0 Å². The summed E-state index contributed by atoms with van der Waals surface area (Å²) in [5, 5.41) is 10.2. The van der Waals surface area contributed by atoms with Crippen molar-refractivity contribution in [1.29, 1.82) is 0 Å². The summed E-state index contributed by atoms with van der Waals surface area (Å²) >= 11 is 0. The minimum Gasteiger partial charge on any atom is -0.459 e. The normalized spacial score (nSPS) is 18.8. The zero-order chi connectivity index (χ0) is 15.6. The monoisotopic (exact) mass is 294 g/mol. The Bertz CT molecular complexity index is 482. The van der Waals surface area contributed by atoms with E-state index in [0.717, 1.165) is 18.7 Å². The molecule has 1 aromatic heterocycles. The maximum absolute atomic E-state index is 12.3. The molecular weight excluding hydrogens is 268 g/mol. The van der Waals surface area contributed by atoms with Crippen molar-refractivity contribution < 1.29 is 14.3 Å². The SMILES string of the molecule is Cc1ccoc1C(=O)N1CCN(C[C@H](O)C(C)(C)C)CC1. The Kier molecular flexibility index (Phi) is 4.74. The molecule has 0 saturated carbocycles. The molecule has 0 aromatic carbocycles. The van der Waals surface area contributed by atoms with Crippen LogP contribution in [0.15, 0.2) is 16.7 Å². The Hall–Kier alpha value is -1.33. The average molecular weight is 294 g/mol. The number of hydrogen-bond donors (Lipinski definition) is 1. The highest BCUT2D eigenvalue weighted by Crippen LogP contribution is 2.21. The number of β-amino-alcohol motifs (C(OH)–C–C–N with tert-alkyl or cyclic N) is 1. The van der Waals surface area contributed by atoms with E-state index in [1.165, 1.54) is 0 Å². The van der Waals surface area contributed by atoms with E-state index in [4.69, 9.17) is 4.42 Å². The van der Waals surface area contributed by atoms with Crippen molar-refractivity contribution >= 4 is 5.91 Å². The number of carbonyl (C=O) groups excluding carboxylic acids is 1. The smallest absolute Gasteiger partial charge is 0.289 e. The van der Waals surface area contributed by atoms with Crippen LogP contribution < -0.4 is 0 Å². The fourth-order valence-electron chi connectivity index (χ4n) is 2.39. The molecule has 0 unspecified atom stereocenters. The van der Waals surface area contributed by atoms with Crippen molar-refractivity contribution in [3.05, 3.63) is 23.7 Å². The van der Waals surface area contributed by atoms with Crippen molar-refractivity contribution in [2.45, 2.75) is 33.8 Å². The number of furan rings is 1. The summed E-state index contributed by atoms with van der Waals surface area (Å²) in [6.07, 6.45) is 1.20. The first-order valence-corrected chi connectivity index (χ1v) is 7.53. The first-order chi connectivity index (χ1) is 9.79. The van der Waals surface area contributed by atoms with E-state index in [2.05, 4.69) is 4.90 Å². The standard InChI is InChI=1S/C16H26N2O3/c1-12-5-10-21-14(12)15(20)18-8-6-17(7-9-18)11-13(19)16(2,3)4/h5,10,13,19H,6-9,11H2,1-4H3/t13-/m0/s1. The lowest BCUT2D eigenvalue weighted by atomic mass is 9.89. The molecule has 0 bridgehead atoms. The van der Waals surface area contributed by atoms with E-state index in [1.807, 2.05) is 38.7 Å². The minimum absolute atomic E-state index is 0.0338. The predicted molar refractivity (Wildman–Crippen MR) is 81.3 cm³/mol. The highest BCUT2D eigenvalue weighted by atomic mass is 16.3. The largest absolute Gasteiger partial charge is 0.459 e. The number of aliphatic hydroxyl groups excluding tert-OH is 1. The molecule has 2 rings (SSSR count). The van der Waals surface area contributed by atoms with Crippen LogP contribution in [-0.2, 0) is 0 Å². The van der Waals surface area contributed by atoms with Gasteiger partial charge in [0.2, 0.25) is 0 Å². The fourth-order valence-corrected chi connectivity index (χ4v) is 2.39. The molecule has 1 N–H and O–H groups in total. The number of carbonyl (C=O) groups is 1. The summed E-state index contributed by atoms with van der Waals surface area (Å²) in [5.41, 5.74) is 0.767. The molecule has 118 valence electrons. The molecule has 1 aromatic rings. The molecule has 0 spiro atoms. The molecule has 5 heteroatoms. The van der Waals surface area contributed by atoms with Crippen LogP contribution in [0.5, 0.6) is 0 Å². The van der Waals surface area contributed by atoms with Gasteiger partial charge in [0.25, 0.3) is 5.91 Å². The van der Waals surface area contributed by atoms with Crippen LogP contribution in [-0.4, -0.2) is 59.6 Å². The molecule has 1 aliphatic heterocycles. The van der Waals surface area contributed by atoms with Crippen molar-refractivity contribution in [2.24, 2.45) is 5.41 Å². The van der Waals surface area contributed by atoms with Crippen molar-refractivity contribution in [3.8, 4) is 0 Å². The number of aryl methyl sites for hydroxylation is 1. The lowest BCUT2D eigenvalue weighted by molar-refractivity contribution is 0.0131. The molecule has 5 nitrogen and oxygen atoms in total. The van der Waals surface area contributed by atoms with Gasteiger partial charge < -0.3 is 14.4 Å². The van der Waals surface area contributed by atoms with Gasteiger partial charge in [0.1, 0.15) is 0 Å². The van der Waals surface area contributed by atoms with E-state index in [0.29, 0.717) is 25.4 Å². The second kappa shape index (κ2) is 6.20. The summed E-state index contributed by atoms with van der Waals surface area (Å²) < 4.78 is 5.27. The maximum Gasteiger partial charge on any atom is 0.289 e. The zero-order valence-electron chi connectivity index (χ0n) is 13.4. The van der Waals surface area contributed by atoms with Gasteiger partial charge in [0.15, 0.2) is 5.76 Å². The predicted octanol–water partition coefficient (Wildman–Crippen LogP) is 1.75. The Labute approximate surface area is 126 Å². The van der Waals surface area contributed by atoms with Gasteiger partial charge in [-0.25, -0.2) is 0 Å². The number of nitrogens with zero attached hydrogens (tertiary/aromatic N) is 2. The van der Waals surface area contributed by atoms with Gasteiger partial charge in [-0.3, -0.25) is 9.69 Å². The fraction of sp³-hybridized carbons (Fsp3) is 0.688. The van der Waals surface area contributed by atoms with Crippen molar-refractivity contribution in [2.75, 3.05) is 32.7 Å². The van der Waals surface area contributed by atoms with Crippen LogP contribution in [0.25, 0.3) is 0 Å². The van der Waals surface area contributed by atoms with Crippen LogP contribution in [0.4, 0.5) is 0 Å². The molecular formula is C16H26N2O3. The van der Waals surface area contributed by atoms with Gasteiger partial charge in [0, 0.05) is 38.3 Å². The average Bonchev–Trinajstić information content (AvgIpc) is 2.84. The second-order valence-electron chi connectivity index (χ2n) is 6.91. The highest BCUT2D eigenvalue weighted by molar-refractivity contribution is 5.92. The molecule has 1 atom stereocenters. The second-order valence-corrected chi connectivity index (χ2v) is 6.91. The molecule has 1 amide bonds. The van der Waals surface area contributed by atoms with Gasteiger partial charge in [0.05, 0.1) is 12.4 Å². The molecule has 21 heavy (non-hydrogen) atoms. The van der Waals surface area contributed by atoms with E-state index >= 15 is 0 Å². The first-order valence-electron chi connectivity index (χ1n) is 7.53. The lowest BCUT2D eigenvalue weighted by Crippen LogP contribution is -2.51. The van der Waals surface area contributed by atoms with Gasteiger partial charge in [-0.1, -0.05) is 20.8 Å². The Morgan fingerprint density at radius 1 is 1.33 bits per heavy atom. The van der Waals surface area contributed by atoms with Crippen LogP contribution in [0.1, 0.15) is 36.9 Å².